The average molecular weight is 1320 g/mol. The van der Waals surface area contributed by atoms with Crippen molar-refractivity contribution in [3.05, 3.63) is 65.7 Å². The monoisotopic (exact) mass is 1320 g/mol. The number of carbonyl (C=O) groups is 9. The number of aliphatic hydroxyl groups excluding tert-OH is 1. The van der Waals surface area contributed by atoms with Crippen molar-refractivity contribution in [1.82, 2.24) is 68.4 Å². The third kappa shape index (κ3) is 23.9. The van der Waals surface area contributed by atoms with Crippen molar-refractivity contribution in [2.24, 2.45) is 25.9 Å². The predicted molar refractivity (Wildman–Crippen MR) is 350 cm³/mol. The molecule has 87 heavy (non-hydrogen) atoms. The summed E-state index contributed by atoms with van der Waals surface area (Å²) in [7, 11) is 2.16. The molecule has 14 atom stereocenters. The number of nitrogens with zero attached hydrogens (tertiary/aromatic N) is 2. The molecule has 1 aliphatic rings. The van der Waals surface area contributed by atoms with E-state index in [4.69, 9.17) is 48.9 Å². The zero-order valence-electron chi connectivity index (χ0n) is 51.4. The first-order chi connectivity index (χ1) is 40.6. The molecular weight excluding hydrogens is 1240 g/mol. The Balaban J connectivity index is 1.79. The van der Waals surface area contributed by atoms with E-state index in [1.807, 2.05) is 13.8 Å². The first kappa shape index (κ1) is 74.9. The number of rotatable bonds is 23. The molecule has 0 bridgehead atoms. The van der Waals surface area contributed by atoms with Gasteiger partial charge in [-0.15, -0.1) is 11.8 Å². The summed E-state index contributed by atoms with van der Waals surface area (Å²) in [4.78, 5) is 123. The summed E-state index contributed by atoms with van der Waals surface area (Å²) in [6.45, 7) is 17.6. The Bertz CT molecular complexity index is 2910. The molecule has 3 rings (SSSR count). The molecule has 1 aromatic heterocycles. The Hall–Kier alpha value is -6.38. The van der Waals surface area contributed by atoms with E-state index in [9.17, 15) is 52.5 Å². The lowest BCUT2D eigenvalue weighted by atomic mass is 10.0. The quantitative estimate of drug-likeness (QED) is 0.0366. The van der Waals surface area contributed by atoms with Gasteiger partial charge in [0.05, 0.1) is 58.2 Å². The van der Waals surface area contributed by atoms with Crippen LogP contribution in [0.1, 0.15) is 99.9 Å². The van der Waals surface area contributed by atoms with Crippen LogP contribution in [0.25, 0.3) is 0 Å². The first-order valence-electron chi connectivity index (χ1n) is 28.1. The van der Waals surface area contributed by atoms with E-state index in [-0.39, 0.29) is 50.2 Å². The molecule has 0 aliphatic carbocycles. The van der Waals surface area contributed by atoms with Crippen molar-refractivity contribution in [2.45, 2.75) is 167 Å². The fraction of sp³-hybridized carbons (Fsp3) is 0.571. The lowest BCUT2D eigenvalue weighted by molar-refractivity contribution is -0.671. The fourth-order valence-corrected chi connectivity index (χ4v) is 11.1. The van der Waals surface area contributed by atoms with Crippen LogP contribution in [0.15, 0.2) is 54.5 Å². The third-order valence-electron chi connectivity index (χ3n) is 13.7. The summed E-state index contributed by atoms with van der Waals surface area (Å²) in [5.74, 6) is -7.08. The van der Waals surface area contributed by atoms with Gasteiger partial charge in [0.2, 0.25) is 53.5 Å². The maximum Gasteiger partial charge on any atom is 0.287 e. The van der Waals surface area contributed by atoms with Gasteiger partial charge in [0.1, 0.15) is 54.6 Å². The molecule has 0 fully saturated rings. The molecule has 0 saturated heterocycles. The van der Waals surface area contributed by atoms with Crippen molar-refractivity contribution in [2.75, 3.05) is 12.0 Å². The summed E-state index contributed by atoms with van der Waals surface area (Å²) >= 11 is 23.7. The molecule has 2 heterocycles. The molecule has 0 saturated carbocycles. The van der Waals surface area contributed by atoms with E-state index in [0.29, 0.717) is 5.56 Å². The van der Waals surface area contributed by atoms with Gasteiger partial charge in [0.25, 0.3) is 5.91 Å². The van der Waals surface area contributed by atoms with Crippen LogP contribution in [0.4, 0.5) is 0 Å². The van der Waals surface area contributed by atoms with Crippen LogP contribution in [-0.4, -0.2) is 171 Å². The summed E-state index contributed by atoms with van der Waals surface area (Å²) in [6.07, 6.45) is 4.65. The number of thioether (sulfide) groups is 1. The number of aromatic nitrogens is 2. The molecule has 31 heteroatoms. The van der Waals surface area contributed by atoms with Crippen LogP contribution in [0.2, 0.25) is 0 Å². The summed E-state index contributed by atoms with van der Waals surface area (Å²) in [5, 5.41) is 46.0. The van der Waals surface area contributed by atoms with Crippen molar-refractivity contribution in [3.8, 4) is 0 Å². The highest BCUT2D eigenvalue weighted by Crippen LogP contribution is 2.20. The van der Waals surface area contributed by atoms with Gasteiger partial charge in [-0.2, -0.15) is 0 Å². The molecule has 25 nitrogen and oxygen atoms in total. The van der Waals surface area contributed by atoms with E-state index < -0.39 is 148 Å². The number of ketones is 1. The Morgan fingerprint density at radius 2 is 1.29 bits per heavy atom. The van der Waals surface area contributed by atoms with E-state index in [1.54, 1.807) is 108 Å². The predicted octanol–water partition coefficient (Wildman–Crippen LogP) is -0.847. The number of aliphatic hydroxyl groups is 1. The zero-order chi connectivity index (χ0) is 65.7. The lowest BCUT2D eigenvalue weighted by Gasteiger charge is -2.30. The molecule has 480 valence electrons. The van der Waals surface area contributed by atoms with Crippen LogP contribution in [0.5, 0.6) is 0 Å². The Morgan fingerprint density at radius 3 is 1.85 bits per heavy atom. The minimum absolute atomic E-state index is 0.0301. The molecule has 1 aromatic carbocycles. The van der Waals surface area contributed by atoms with Gasteiger partial charge in [-0.1, -0.05) is 114 Å². The fourth-order valence-electron chi connectivity index (χ4n) is 8.48. The lowest BCUT2D eigenvalue weighted by Crippen LogP contribution is -2.61. The second kappa shape index (κ2) is 35.6. The maximum atomic E-state index is 14.4. The number of imidazole rings is 1. The second-order valence-electron chi connectivity index (χ2n) is 22.0. The molecule has 8 amide bonds. The molecular formula is C56H85N14O11S6+. The second-order valence-corrected chi connectivity index (χ2v) is 26.6. The molecule has 14 unspecified atom stereocenters. The SMILES string of the molecule is CC(=O)C(=O)NC(C(=S)NC(CCS(C)=O)C(=S)NC(C)C(=O)NC(C)C(=S)NC(C)C(=S)NC(C)C(=O)NC1C(=O)NC(C(C)C)C(=O)NC(C)C(=O)NC(Cc2ccccc2)C(=O)NC(C(O)c2c[n+](C)cn2C)C(=O)NC=CSC1C)C(C)C. The molecule has 0 spiro atoms. The van der Waals surface area contributed by atoms with Crippen molar-refractivity contribution < 1.29 is 57.0 Å². The number of aryl methyl sites for hydroxylation is 2. The Kier molecular flexibility index (Phi) is 30.6. The van der Waals surface area contributed by atoms with Crippen molar-refractivity contribution in [3.63, 3.8) is 0 Å². The smallest absolute Gasteiger partial charge is 0.287 e. The van der Waals surface area contributed by atoms with E-state index in [1.165, 1.54) is 31.7 Å². The highest BCUT2D eigenvalue weighted by atomic mass is 32.2. The summed E-state index contributed by atoms with van der Waals surface area (Å²) in [6, 6.07) is -2.78. The van der Waals surface area contributed by atoms with Gasteiger partial charge in [-0.05, 0) is 63.8 Å². The van der Waals surface area contributed by atoms with Gasteiger partial charge in [0.15, 0.2) is 5.69 Å². The minimum Gasteiger partial charge on any atom is -0.382 e. The van der Waals surface area contributed by atoms with Crippen molar-refractivity contribution in [1.29, 1.82) is 0 Å². The van der Waals surface area contributed by atoms with Gasteiger partial charge in [-0.3, -0.25) is 47.4 Å². The van der Waals surface area contributed by atoms with Gasteiger partial charge in [0, 0.05) is 47.6 Å². The maximum absolute atomic E-state index is 14.4. The molecule has 1 aliphatic heterocycles. The van der Waals surface area contributed by atoms with Gasteiger partial charge < -0.3 is 68.9 Å². The highest BCUT2D eigenvalue weighted by Gasteiger charge is 2.38. The highest BCUT2D eigenvalue weighted by molar-refractivity contribution is 8.02. The van der Waals surface area contributed by atoms with Crippen LogP contribution in [0, 0.1) is 11.8 Å². The topological polar surface area (TPSA) is 344 Å². The van der Waals surface area contributed by atoms with E-state index in [2.05, 4.69) is 63.8 Å². The zero-order valence-corrected chi connectivity index (χ0v) is 56.3. The molecule has 0 radical (unpaired) electrons. The van der Waals surface area contributed by atoms with Crippen LogP contribution in [-0.2, 0) is 74.5 Å². The number of amides is 8. The number of Topliss-reactive ketones (excluding diaryl/α,β-unsaturated/α-hetero) is 1. The first-order valence-corrected chi connectivity index (χ1v) is 32.4. The number of carbonyl (C=O) groups excluding carboxylic acids is 9. The normalized spacial score (nSPS) is 21.7. The number of hydrogen-bond donors (Lipinski definition) is 13. The van der Waals surface area contributed by atoms with Crippen LogP contribution >= 0.6 is 60.6 Å². The Labute approximate surface area is 537 Å². The van der Waals surface area contributed by atoms with E-state index >= 15 is 0 Å². The largest absolute Gasteiger partial charge is 0.382 e. The standard InChI is InChI=1S/C56H84N14O11S6/c1-27(2)40-51(79)58-29(5)46(74)63-38(24-36-18-16-15-17-19-36)49(77)68-43(44(72)39-25-69(12)26-70(39)13)50(78)57-21-22-86-35(11)42(52(80)65-40)67-47(75)31(7)60-54(83)33(9)62-53(82)32(8)59-45(73)30(6)61-55(84)37(20-23-87(14)81)64-56(85)41(28(3)4)66-48(76)34(10)71/h15-19,21-22,25-33,35,37-38,40-44,72H,20,23-24H2,1-14H3,(H11-,57,58,59,60,61,62,63,64,65,66,67,68,73,74,75,76,77,78,79,80,82,83,84,85)/p+1. The number of nitrogens with one attached hydrogen (secondary N) is 12. The van der Waals surface area contributed by atoms with Gasteiger partial charge >= 0.3 is 0 Å². The van der Waals surface area contributed by atoms with Crippen molar-refractivity contribution >= 4 is 144 Å². The number of hydrogen-bond acceptors (Lipinski definition) is 16. The average Bonchev–Trinajstić information content (AvgIpc) is 3.96. The molecule has 13 N–H and O–H groups in total. The van der Waals surface area contributed by atoms with Crippen LogP contribution in [0.3, 0.4) is 0 Å². The summed E-state index contributed by atoms with van der Waals surface area (Å²) in [5.41, 5.74) is 0.934. The minimum atomic E-state index is -1.61. The Morgan fingerprint density at radius 1 is 0.713 bits per heavy atom. The van der Waals surface area contributed by atoms with Gasteiger partial charge in [-0.25, -0.2) is 9.13 Å². The van der Waals surface area contributed by atoms with Crippen LogP contribution < -0.4 is 68.4 Å². The van der Waals surface area contributed by atoms with E-state index in [0.717, 1.165) is 18.7 Å². The number of benzene rings is 1. The number of thiocarbonyl (C=S) groups is 4. The molecule has 2 aromatic rings. The summed E-state index contributed by atoms with van der Waals surface area (Å²) < 4.78 is 15.3. The third-order valence-corrected chi connectivity index (χ3v) is 17.3.